The highest BCUT2D eigenvalue weighted by Crippen LogP contribution is 2.35. The van der Waals surface area contributed by atoms with E-state index in [1.807, 2.05) is 42.5 Å². The van der Waals surface area contributed by atoms with E-state index in [9.17, 15) is 0 Å². The monoisotopic (exact) mass is 342 g/mol. The van der Waals surface area contributed by atoms with Gasteiger partial charge in [-0.1, -0.05) is 60.5 Å². The Morgan fingerprint density at radius 2 is 1.58 bits per heavy atom. The number of nitrogens with zero attached hydrogens (tertiary/aromatic N) is 3. The van der Waals surface area contributed by atoms with E-state index in [-0.39, 0.29) is 23.5 Å². The van der Waals surface area contributed by atoms with E-state index in [0.717, 1.165) is 16.4 Å². The van der Waals surface area contributed by atoms with Crippen molar-refractivity contribution < 1.29 is 11.3 Å². The molecule has 5 aromatic rings. The zero-order valence-corrected chi connectivity index (χ0v) is 13.8. The van der Waals surface area contributed by atoms with Crippen LogP contribution in [0.1, 0.15) is 12.7 Å². The van der Waals surface area contributed by atoms with Crippen molar-refractivity contribution in [2.24, 2.45) is 0 Å². The first-order valence-corrected chi connectivity index (χ1v) is 8.07. The molecule has 0 amide bonds. The number of aryl methyl sites for hydroxylation is 1. The van der Waals surface area contributed by atoms with Gasteiger partial charge in [-0.15, -0.1) is 0 Å². The molecule has 0 aliphatic heterocycles. The Bertz CT molecular complexity index is 1480. The summed E-state index contributed by atoms with van der Waals surface area (Å²) < 4.78 is 46.1. The molecule has 0 unspecified atom stereocenters. The van der Waals surface area contributed by atoms with Crippen LogP contribution in [0.2, 0.25) is 0 Å². The van der Waals surface area contributed by atoms with Crippen LogP contribution < -0.4 is 0 Å². The Labute approximate surface area is 157 Å². The van der Waals surface area contributed by atoms with Crippen molar-refractivity contribution >= 4 is 21.9 Å². The van der Waals surface area contributed by atoms with Crippen LogP contribution in [-0.2, 0) is 0 Å². The highest BCUT2D eigenvalue weighted by Gasteiger charge is 2.15. The van der Waals surface area contributed by atoms with Crippen molar-refractivity contribution in [3.05, 3.63) is 78.5 Å². The molecule has 124 valence electrons. The van der Waals surface area contributed by atoms with Crippen molar-refractivity contribution in [2.45, 2.75) is 6.92 Å². The Balaban J connectivity index is 1.81. The summed E-state index contributed by atoms with van der Waals surface area (Å²) in [5, 5.41) is 1.76. The molecule has 0 fully saturated rings. The van der Waals surface area contributed by atoms with Gasteiger partial charge in [0, 0.05) is 21.9 Å². The van der Waals surface area contributed by atoms with E-state index in [2.05, 4.69) is 15.0 Å². The maximum absolute atomic E-state index is 8.24. The van der Waals surface area contributed by atoms with Crippen LogP contribution in [-0.4, -0.2) is 15.0 Å². The summed E-state index contributed by atoms with van der Waals surface area (Å²) in [6, 6.07) is 11.2. The van der Waals surface area contributed by atoms with Gasteiger partial charge in [-0.2, -0.15) is 0 Å². The highest BCUT2D eigenvalue weighted by molar-refractivity contribution is 6.11. The third-order valence-corrected chi connectivity index (χ3v) is 4.11. The minimum atomic E-state index is -0.459. The molecule has 4 nitrogen and oxygen atoms in total. The molecule has 0 saturated carbocycles. The van der Waals surface area contributed by atoms with E-state index in [4.69, 9.17) is 11.3 Å². The highest BCUT2D eigenvalue weighted by atomic mass is 16.3. The maximum atomic E-state index is 8.24. The number of hydrogen-bond donors (Lipinski definition) is 0. The molecule has 2 aromatic heterocycles. The summed E-state index contributed by atoms with van der Waals surface area (Å²) in [6.45, 7) is 1.68. The standard InChI is InChI=1S/C22H15N3O/c1-14-23-21(15-8-3-2-4-9-15)25-22(24-14)17-11-7-13-19-20(17)16-10-5-6-12-18(16)26-19/h2-13H,1H3/i2D,3D,4D,8D,9D. The third kappa shape index (κ3) is 2.35. The van der Waals surface area contributed by atoms with Gasteiger partial charge in [-0.3, -0.25) is 0 Å². The SMILES string of the molecule is [2H]c1c([2H])c([2H])c(-c2nc(C)nc(-c3cccc4oc5ccccc5c34)n2)c([2H])c1[2H]. The predicted molar refractivity (Wildman–Crippen MR) is 103 cm³/mol. The van der Waals surface area contributed by atoms with E-state index in [1.165, 1.54) is 0 Å². The van der Waals surface area contributed by atoms with Gasteiger partial charge >= 0.3 is 0 Å². The lowest BCUT2D eigenvalue weighted by Gasteiger charge is -2.06. The maximum Gasteiger partial charge on any atom is 0.164 e. The predicted octanol–water partition coefficient (Wildman–Crippen LogP) is 5.41. The second-order valence-corrected chi connectivity index (χ2v) is 5.81. The second kappa shape index (κ2) is 5.77. The van der Waals surface area contributed by atoms with Gasteiger partial charge in [-0.05, 0) is 19.1 Å². The van der Waals surface area contributed by atoms with Gasteiger partial charge in [0.25, 0.3) is 0 Å². The van der Waals surface area contributed by atoms with E-state index in [0.29, 0.717) is 22.8 Å². The van der Waals surface area contributed by atoms with E-state index >= 15 is 0 Å². The van der Waals surface area contributed by atoms with Crippen LogP contribution in [0.15, 0.2) is 77.1 Å². The summed E-state index contributed by atoms with van der Waals surface area (Å²) >= 11 is 0. The lowest BCUT2D eigenvalue weighted by Crippen LogP contribution is -1.99. The van der Waals surface area contributed by atoms with Crippen molar-refractivity contribution in [1.29, 1.82) is 0 Å². The van der Waals surface area contributed by atoms with Crippen LogP contribution in [0.4, 0.5) is 0 Å². The van der Waals surface area contributed by atoms with Crippen LogP contribution in [0.5, 0.6) is 0 Å². The van der Waals surface area contributed by atoms with Gasteiger partial charge in [0.15, 0.2) is 11.6 Å². The Morgan fingerprint density at radius 3 is 2.46 bits per heavy atom. The fourth-order valence-electron chi connectivity index (χ4n) is 3.04. The van der Waals surface area contributed by atoms with Crippen molar-refractivity contribution in [3.8, 4) is 22.8 Å². The van der Waals surface area contributed by atoms with Gasteiger partial charge in [-0.25, -0.2) is 15.0 Å². The lowest BCUT2D eigenvalue weighted by molar-refractivity contribution is 0.669. The Morgan fingerprint density at radius 1 is 0.808 bits per heavy atom. The van der Waals surface area contributed by atoms with Crippen molar-refractivity contribution in [1.82, 2.24) is 15.0 Å². The van der Waals surface area contributed by atoms with Gasteiger partial charge in [0.2, 0.25) is 0 Å². The molecule has 0 N–H and O–H groups in total. The van der Waals surface area contributed by atoms with Crippen molar-refractivity contribution in [2.75, 3.05) is 0 Å². The quantitative estimate of drug-likeness (QED) is 0.430. The average molecular weight is 342 g/mol. The molecule has 4 heteroatoms. The molecule has 0 saturated heterocycles. The average Bonchev–Trinajstić information content (AvgIpc) is 3.15. The van der Waals surface area contributed by atoms with Crippen LogP contribution >= 0.6 is 0 Å². The van der Waals surface area contributed by atoms with Gasteiger partial charge in [0.05, 0.1) is 6.85 Å². The van der Waals surface area contributed by atoms with E-state index < -0.39 is 18.1 Å². The number of fused-ring (bicyclic) bond motifs is 3. The second-order valence-electron chi connectivity index (χ2n) is 5.81. The molecular weight excluding hydrogens is 322 g/mol. The lowest BCUT2D eigenvalue weighted by atomic mass is 10.1. The minimum Gasteiger partial charge on any atom is -0.456 e. The van der Waals surface area contributed by atoms with Crippen LogP contribution in [0.3, 0.4) is 0 Å². The zero-order valence-electron chi connectivity index (χ0n) is 18.8. The topological polar surface area (TPSA) is 51.8 Å². The van der Waals surface area contributed by atoms with Gasteiger partial charge < -0.3 is 4.42 Å². The van der Waals surface area contributed by atoms with E-state index in [1.54, 1.807) is 6.92 Å². The molecule has 3 aromatic carbocycles. The number of rotatable bonds is 2. The fourth-order valence-corrected chi connectivity index (χ4v) is 3.04. The molecule has 0 aliphatic carbocycles. The summed E-state index contributed by atoms with van der Waals surface area (Å²) in [5.74, 6) is 0.743. The normalized spacial score (nSPS) is 14.0. The van der Waals surface area contributed by atoms with Crippen LogP contribution in [0, 0.1) is 6.92 Å². The first-order chi connectivity index (χ1) is 14.9. The number of aromatic nitrogens is 3. The molecule has 0 aliphatic rings. The van der Waals surface area contributed by atoms with Crippen LogP contribution in [0.25, 0.3) is 44.7 Å². The first kappa shape index (κ1) is 10.5. The fraction of sp³-hybridized carbons (Fsp3) is 0.0455. The summed E-state index contributed by atoms with van der Waals surface area (Å²) in [5.41, 5.74) is 2.08. The molecule has 0 spiro atoms. The molecule has 0 bridgehead atoms. The molecule has 0 radical (unpaired) electrons. The number of benzene rings is 3. The minimum absolute atomic E-state index is 0.0318. The largest absolute Gasteiger partial charge is 0.456 e. The number of furan rings is 1. The molecule has 0 atom stereocenters. The summed E-state index contributed by atoms with van der Waals surface area (Å²) in [6.07, 6.45) is 0. The smallest absolute Gasteiger partial charge is 0.164 e. The zero-order chi connectivity index (χ0) is 21.9. The number of para-hydroxylation sites is 1. The molecule has 2 heterocycles. The summed E-state index contributed by atoms with van der Waals surface area (Å²) in [7, 11) is 0. The van der Waals surface area contributed by atoms with Gasteiger partial charge in [0.1, 0.15) is 17.0 Å². The summed E-state index contributed by atoms with van der Waals surface area (Å²) in [4.78, 5) is 13.3. The number of hydrogen-bond acceptors (Lipinski definition) is 4. The first-order valence-electron chi connectivity index (χ1n) is 10.6. The molecular formula is C22H15N3O. The Kier molecular flexibility index (Phi) is 2.32. The van der Waals surface area contributed by atoms with Crippen molar-refractivity contribution in [3.63, 3.8) is 0 Å². The third-order valence-electron chi connectivity index (χ3n) is 4.11. The Hall–Kier alpha value is -3.53. The molecule has 26 heavy (non-hydrogen) atoms. The molecule has 5 rings (SSSR count).